The van der Waals surface area contributed by atoms with Crippen molar-refractivity contribution in [1.29, 1.82) is 0 Å². The number of hydrogen-bond donors (Lipinski definition) is 1. The Kier molecular flexibility index (Phi) is 5.83. The first-order valence-corrected chi connectivity index (χ1v) is 12.7. The van der Waals surface area contributed by atoms with Crippen LogP contribution in [0.4, 0.5) is 5.69 Å². The van der Waals surface area contributed by atoms with Gasteiger partial charge in [-0.05, 0) is 80.3 Å². The van der Waals surface area contributed by atoms with Gasteiger partial charge in [0.1, 0.15) is 0 Å². The summed E-state index contributed by atoms with van der Waals surface area (Å²) < 4.78 is 2.15. The van der Waals surface area contributed by atoms with E-state index in [0.29, 0.717) is 16.9 Å². The van der Waals surface area contributed by atoms with E-state index < -0.39 is 27.8 Å². The fourth-order valence-electron chi connectivity index (χ4n) is 4.84. The normalized spacial score (nSPS) is 12.4. The van der Waals surface area contributed by atoms with Crippen molar-refractivity contribution in [2.24, 2.45) is 0 Å². The summed E-state index contributed by atoms with van der Waals surface area (Å²) in [5.41, 5.74) is -0.470. The Hall–Kier alpha value is -4.59. The van der Waals surface area contributed by atoms with Gasteiger partial charge in [0, 0.05) is 16.8 Å². The van der Waals surface area contributed by atoms with Crippen molar-refractivity contribution in [2.75, 3.05) is 5.32 Å². The number of hydrogen-bond acceptors (Lipinski definition) is 5. The molecule has 0 bridgehead atoms. The number of fused-ring (bicyclic) bond motifs is 2. The number of anilines is 1. The first kappa shape index (κ1) is 26.0. The Labute approximate surface area is 223 Å². The van der Waals surface area contributed by atoms with Gasteiger partial charge in [-0.3, -0.25) is 28.5 Å². The highest BCUT2D eigenvalue weighted by Crippen LogP contribution is 2.23. The van der Waals surface area contributed by atoms with E-state index in [1.165, 1.54) is 12.1 Å². The van der Waals surface area contributed by atoms with Crippen molar-refractivity contribution in [3.63, 3.8) is 0 Å². The van der Waals surface area contributed by atoms with Crippen LogP contribution in [-0.2, 0) is 11.0 Å². The maximum atomic E-state index is 13.2. The lowest BCUT2D eigenvalue weighted by Crippen LogP contribution is -2.38. The molecule has 0 spiro atoms. The van der Waals surface area contributed by atoms with E-state index in [0.717, 1.165) is 14.7 Å². The van der Waals surface area contributed by atoms with Crippen LogP contribution in [0.15, 0.2) is 79.8 Å². The zero-order valence-electron chi connectivity index (χ0n) is 22.7. The molecule has 5 rings (SSSR count). The second kappa shape index (κ2) is 8.73. The molecule has 0 radical (unpaired) electrons. The molecule has 2 heterocycles. The van der Waals surface area contributed by atoms with Crippen molar-refractivity contribution < 1.29 is 4.79 Å². The smallest absolute Gasteiger partial charge is 0.266 e. The molecule has 0 atom stereocenters. The molecule has 0 aliphatic carbocycles. The molecule has 0 aliphatic rings. The minimum absolute atomic E-state index is 0.0210. The number of carbonyl (C=O) groups is 1. The molecule has 1 amide bonds. The van der Waals surface area contributed by atoms with E-state index in [2.05, 4.69) is 26.1 Å². The highest BCUT2D eigenvalue weighted by atomic mass is 16.2. The summed E-state index contributed by atoms with van der Waals surface area (Å²) in [6.07, 6.45) is 0. The van der Waals surface area contributed by atoms with E-state index in [9.17, 15) is 24.0 Å². The van der Waals surface area contributed by atoms with Crippen molar-refractivity contribution >= 4 is 33.1 Å². The van der Waals surface area contributed by atoms with Gasteiger partial charge in [-0.1, -0.05) is 32.9 Å². The maximum absolute atomic E-state index is 13.2. The molecule has 0 unspecified atom stereocenters. The summed E-state index contributed by atoms with van der Waals surface area (Å²) in [7, 11) is 0. The number of nitrogens with one attached hydrogen (secondary N) is 1. The molecule has 0 fully saturated rings. The lowest BCUT2D eigenvalue weighted by Gasteiger charge is -2.19. The van der Waals surface area contributed by atoms with E-state index >= 15 is 0 Å². The van der Waals surface area contributed by atoms with Gasteiger partial charge >= 0.3 is 0 Å². The first-order valence-electron chi connectivity index (χ1n) is 12.7. The van der Waals surface area contributed by atoms with E-state index in [-0.39, 0.29) is 32.9 Å². The number of amides is 1. The Morgan fingerprint density at radius 1 is 0.641 bits per heavy atom. The molecule has 3 aromatic carbocycles. The Balaban J connectivity index is 1.48. The predicted molar refractivity (Wildman–Crippen MR) is 154 cm³/mol. The number of nitrogens with zero attached hydrogens (tertiary/aromatic N) is 2. The van der Waals surface area contributed by atoms with E-state index in [1.54, 1.807) is 57.2 Å². The molecule has 2 aromatic heterocycles. The van der Waals surface area contributed by atoms with Gasteiger partial charge < -0.3 is 5.32 Å². The Morgan fingerprint density at radius 2 is 1.10 bits per heavy atom. The number of carbonyl (C=O) groups excluding carboxylic acids is 1. The summed E-state index contributed by atoms with van der Waals surface area (Å²) in [6, 6.07) is 16.4. The summed E-state index contributed by atoms with van der Waals surface area (Å²) in [6.45, 7) is 11.5. The van der Waals surface area contributed by atoms with Crippen LogP contribution in [0.1, 0.15) is 57.5 Å². The second-order valence-corrected chi connectivity index (χ2v) is 11.8. The van der Waals surface area contributed by atoms with Crippen LogP contribution in [-0.4, -0.2) is 15.0 Å². The van der Waals surface area contributed by atoms with Gasteiger partial charge in [-0.2, -0.15) is 0 Å². The number of benzene rings is 3. The lowest BCUT2D eigenvalue weighted by molar-refractivity contribution is 0.102. The Bertz CT molecular complexity index is 1890. The second-order valence-electron chi connectivity index (χ2n) is 11.8. The molecule has 8 heteroatoms. The molecule has 0 saturated carbocycles. The van der Waals surface area contributed by atoms with Crippen LogP contribution in [0.3, 0.4) is 0 Å². The van der Waals surface area contributed by atoms with Crippen molar-refractivity contribution in [2.45, 2.75) is 52.5 Å². The molecular formula is C31H29N3O5. The monoisotopic (exact) mass is 523 g/mol. The van der Waals surface area contributed by atoms with E-state index in [1.807, 2.05) is 12.1 Å². The van der Waals surface area contributed by atoms with Gasteiger partial charge in [-0.15, -0.1) is 0 Å². The van der Waals surface area contributed by atoms with Crippen molar-refractivity contribution in [3.8, 4) is 5.69 Å². The lowest BCUT2D eigenvalue weighted by atomic mass is 9.87. The third-order valence-electron chi connectivity index (χ3n) is 6.96. The average Bonchev–Trinajstić information content (AvgIpc) is 3.26. The molecule has 0 saturated heterocycles. The largest absolute Gasteiger partial charge is 0.322 e. The molecular weight excluding hydrogens is 494 g/mol. The van der Waals surface area contributed by atoms with Crippen molar-refractivity contribution in [1.82, 2.24) is 9.13 Å². The molecule has 5 aromatic rings. The van der Waals surface area contributed by atoms with Gasteiger partial charge in [-0.25, -0.2) is 4.57 Å². The quantitative estimate of drug-likeness (QED) is 0.381. The third-order valence-corrected chi connectivity index (χ3v) is 6.96. The standard InChI is InChI=1S/C31H29N3O5/c1-30(2,3)18-9-7-17(8-10-18)25(35)32-19-11-13-20(14-12-19)33-26(36)21-15-23-24(16-22(21)27(33)37)29(39)34(28(23)38)31(4,5)6/h7-16H,1-6H3,(H,32,35). The molecule has 39 heavy (non-hydrogen) atoms. The van der Waals surface area contributed by atoms with E-state index in [4.69, 9.17) is 0 Å². The van der Waals surface area contributed by atoms with Gasteiger partial charge in [0.15, 0.2) is 0 Å². The molecule has 8 nitrogen and oxygen atoms in total. The highest BCUT2D eigenvalue weighted by molar-refractivity contribution is 6.04. The van der Waals surface area contributed by atoms with Gasteiger partial charge in [0.2, 0.25) is 0 Å². The fraction of sp³-hybridized carbons (Fsp3) is 0.258. The zero-order valence-corrected chi connectivity index (χ0v) is 22.7. The van der Waals surface area contributed by atoms with Crippen LogP contribution in [0.25, 0.3) is 27.2 Å². The summed E-state index contributed by atoms with van der Waals surface area (Å²) >= 11 is 0. The minimum atomic E-state index is -0.745. The predicted octanol–water partition coefficient (Wildman–Crippen LogP) is 4.21. The topological polar surface area (TPSA) is 107 Å². The highest BCUT2D eigenvalue weighted by Gasteiger charge is 2.25. The molecule has 0 aliphatic heterocycles. The number of rotatable bonds is 3. The van der Waals surface area contributed by atoms with Gasteiger partial charge in [0.05, 0.1) is 27.2 Å². The van der Waals surface area contributed by atoms with Crippen LogP contribution in [0.2, 0.25) is 0 Å². The SMILES string of the molecule is CC(C)(C)c1ccc(C(=O)Nc2ccc(-n3c(=O)c4cc5c(=O)n(C(C)(C)C)c(=O)c5cc4c3=O)cc2)cc1. The van der Waals surface area contributed by atoms with Crippen molar-refractivity contribution in [3.05, 3.63) is 113 Å². The maximum Gasteiger partial charge on any atom is 0.266 e. The zero-order chi connectivity index (χ0) is 28.4. The Morgan fingerprint density at radius 3 is 1.54 bits per heavy atom. The number of aromatic nitrogens is 2. The van der Waals surface area contributed by atoms with Gasteiger partial charge in [0.25, 0.3) is 28.1 Å². The van der Waals surface area contributed by atoms with Crippen LogP contribution in [0, 0.1) is 0 Å². The summed E-state index contributed by atoms with van der Waals surface area (Å²) in [5.74, 6) is -0.280. The van der Waals surface area contributed by atoms with Crippen LogP contribution in [0.5, 0.6) is 0 Å². The molecule has 198 valence electrons. The summed E-state index contributed by atoms with van der Waals surface area (Å²) in [4.78, 5) is 65.1. The first-order chi connectivity index (χ1) is 18.2. The van der Waals surface area contributed by atoms with Crippen LogP contribution < -0.4 is 27.6 Å². The average molecular weight is 524 g/mol. The minimum Gasteiger partial charge on any atom is -0.322 e. The van der Waals surface area contributed by atoms with Crippen LogP contribution >= 0.6 is 0 Å². The third kappa shape index (κ3) is 4.31. The molecule has 1 N–H and O–H groups in total. The fourth-order valence-corrected chi connectivity index (χ4v) is 4.84. The summed E-state index contributed by atoms with van der Waals surface area (Å²) in [5, 5.41) is 3.21.